The minimum atomic E-state index is -2.61. The zero-order chi connectivity index (χ0) is 26.9. The van der Waals surface area contributed by atoms with Gasteiger partial charge in [-0.1, -0.05) is 0 Å². The third-order valence-corrected chi connectivity index (χ3v) is 3.72. The highest BCUT2D eigenvalue weighted by Crippen LogP contribution is 2.20. The number of carbonyl (C=O) groups is 6. The van der Waals surface area contributed by atoms with Gasteiger partial charge in [0.25, 0.3) is 0 Å². The Morgan fingerprint density at radius 1 is 0.559 bits per heavy atom. The zero-order valence-electron chi connectivity index (χ0n) is 19.5. The molecule has 0 aliphatic heterocycles. The van der Waals surface area contributed by atoms with Gasteiger partial charge < -0.3 is 39.4 Å². The van der Waals surface area contributed by atoms with Gasteiger partial charge in [0.05, 0.1) is 52.1 Å². The molecule has 0 rings (SSSR count). The Labute approximate surface area is 195 Å². The van der Waals surface area contributed by atoms with Crippen LogP contribution in [0.4, 0.5) is 0 Å². The third-order valence-electron chi connectivity index (χ3n) is 3.72. The summed E-state index contributed by atoms with van der Waals surface area (Å²) < 4.78 is 18.4. The normalized spacial score (nSPS) is 12.2. The summed E-state index contributed by atoms with van der Waals surface area (Å²) in [5, 5.41) is 36.4. The summed E-state index contributed by atoms with van der Waals surface area (Å²) in [5.41, 5.74) is -4.87. The summed E-state index contributed by atoms with van der Waals surface area (Å²) >= 11 is 0. The summed E-state index contributed by atoms with van der Waals surface area (Å²) in [6.07, 6.45) is -3.25. The lowest BCUT2D eigenvalue weighted by Gasteiger charge is -2.23. The summed E-state index contributed by atoms with van der Waals surface area (Å²) in [4.78, 5) is 66.2. The molecule has 0 aromatic carbocycles. The van der Waals surface area contributed by atoms with E-state index >= 15 is 0 Å². The van der Waals surface area contributed by atoms with Crippen molar-refractivity contribution in [2.24, 2.45) is 0 Å². The van der Waals surface area contributed by atoms with Crippen molar-refractivity contribution < 1.29 is 68.1 Å². The molecule has 0 bridgehead atoms. The second-order valence-corrected chi connectivity index (χ2v) is 6.60. The monoisotopic (exact) mass is 496 g/mol. The summed E-state index contributed by atoms with van der Waals surface area (Å²) in [6, 6.07) is 0. The Kier molecular flexibility index (Phi) is 15.8. The predicted molar refractivity (Wildman–Crippen MR) is 110 cm³/mol. The summed E-state index contributed by atoms with van der Waals surface area (Å²) in [5.74, 6) is -6.85. The van der Waals surface area contributed by atoms with Crippen LogP contribution in [0.1, 0.15) is 53.4 Å². The lowest BCUT2D eigenvalue weighted by molar-refractivity contribution is -0.177. The van der Waals surface area contributed by atoms with Crippen LogP contribution in [0.15, 0.2) is 0 Å². The fourth-order valence-electron chi connectivity index (χ4n) is 2.29. The molecule has 1 atom stereocenters. The van der Waals surface area contributed by atoms with Crippen LogP contribution in [0.25, 0.3) is 0 Å². The Morgan fingerprint density at radius 3 is 1.15 bits per heavy atom. The molecule has 0 radical (unpaired) electrons. The average molecular weight is 496 g/mol. The molecule has 196 valence electrons. The van der Waals surface area contributed by atoms with E-state index < -0.39 is 72.7 Å². The quantitative estimate of drug-likeness (QED) is 0.174. The summed E-state index contributed by atoms with van der Waals surface area (Å²) in [7, 11) is 0. The molecular formula is C20H32O14. The van der Waals surface area contributed by atoms with Crippen LogP contribution in [0.2, 0.25) is 0 Å². The molecule has 14 nitrogen and oxygen atoms in total. The number of carboxylic acids is 2. The number of carboxylic acid groups (broad SMARTS) is 2. The summed E-state index contributed by atoms with van der Waals surface area (Å²) in [6.45, 7) is 6.50. The van der Waals surface area contributed by atoms with E-state index in [1.807, 2.05) is 0 Å². The Balaban J connectivity index is 0. The second kappa shape index (κ2) is 16.4. The van der Waals surface area contributed by atoms with Crippen molar-refractivity contribution in [2.45, 2.75) is 64.6 Å². The maximum atomic E-state index is 11.7. The minimum Gasteiger partial charge on any atom is -0.481 e. The number of hydrogen-bond acceptors (Lipinski definition) is 12. The molecule has 0 fully saturated rings. The van der Waals surface area contributed by atoms with E-state index in [1.165, 1.54) is 6.92 Å². The molecule has 0 saturated heterocycles. The van der Waals surface area contributed by atoms with Crippen LogP contribution < -0.4 is 0 Å². The minimum absolute atomic E-state index is 0.0206. The fourth-order valence-corrected chi connectivity index (χ4v) is 2.29. The van der Waals surface area contributed by atoms with Crippen LogP contribution in [0, 0.1) is 0 Å². The lowest BCUT2D eigenvalue weighted by Crippen LogP contribution is -2.44. The van der Waals surface area contributed by atoms with Crippen LogP contribution in [-0.4, -0.2) is 93.9 Å². The van der Waals surface area contributed by atoms with Crippen LogP contribution in [-0.2, 0) is 47.7 Å². The van der Waals surface area contributed by atoms with Crippen molar-refractivity contribution >= 4 is 35.8 Å². The molecule has 0 saturated carbocycles. The van der Waals surface area contributed by atoms with Gasteiger partial charge in [-0.15, -0.1) is 0 Å². The fraction of sp³-hybridized carbons (Fsp3) is 0.700. The number of aliphatic carboxylic acids is 2. The van der Waals surface area contributed by atoms with Gasteiger partial charge in [0.1, 0.15) is 0 Å². The molecule has 0 amide bonds. The second-order valence-electron chi connectivity index (χ2n) is 6.60. The first-order chi connectivity index (χ1) is 15.7. The van der Waals surface area contributed by atoms with Gasteiger partial charge >= 0.3 is 35.8 Å². The molecule has 0 aromatic heterocycles. The van der Waals surface area contributed by atoms with E-state index in [2.05, 4.69) is 18.9 Å². The van der Waals surface area contributed by atoms with Crippen LogP contribution >= 0.6 is 0 Å². The maximum Gasteiger partial charge on any atom is 0.339 e. The predicted octanol–water partition coefficient (Wildman–Crippen LogP) is -0.583. The van der Waals surface area contributed by atoms with Crippen molar-refractivity contribution in [3.63, 3.8) is 0 Å². The van der Waals surface area contributed by atoms with Gasteiger partial charge in [-0.3, -0.25) is 19.2 Å². The van der Waals surface area contributed by atoms with Crippen molar-refractivity contribution in [1.82, 2.24) is 0 Å². The first-order valence-corrected chi connectivity index (χ1v) is 10.2. The number of ether oxygens (including phenoxy) is 4. The van der Waals surface area contributed by atoms with E-state index in [0.717, 1.165) is 0 Å². The standard InChI is InChI=1S/C12H20O7.C8H12O7/c1-4-17-9(13)7-12(16,11(15)19-6-3)8-10(14)18-5-2;1-2-15-6(11)4-8(14,7(12)13)3-5(9)10/h16H,4-8H2,1-3H3;14H,2-4H2,1H3,(H,9,10)(H,12,13). The van der Waals surface area contributed by atoms with E-state index in [0.29, 0.717) is 0 Å². The van der Waals surface area contributed by atoms with Gasteiger partial charge in [0.15, 0.2) is 11.2 Å². The van der Waals surface area contributed by atoms with Gasteiger partial charge in [0.2, 0.25) is 0 Å². The van der Waals surface area contributed by atoms with Crippen molar-refractivity contribution in [1.29, 1.82) is 0 Å². The smallest absolute Gasteiger partial charge is 0.339 e. The molecule has 0 aliphatic rings. The number of hydrogen-bond donors (Lipinski definition) is 4. The van der Waals surface area contributed by atoms with Crippen molar-refractivity contribution in [2.75, 3.05) is 26.4 Å². The molecule has 0 aromatic rings. The van der Waals surface area contributed by atoms with Gasteiger partial charge in [-0.25, -0.2) is 9.59 Å². The largest absolute Gasteiger partial charge is 0.481 e. The number of aliphatic hydroxyl groups is 2. The van der Waals surface area contributed by atoms with Crippen molar-refractivity contribution in [3.8, 4) is 0 Å². The highest BCUT2D eigenvalue weighted by molar-refractivity contribution is 5.90. The first kappa shape index (κ1) is 32.9. The molecule has 1 unspecified atom stereocenters. The van der Waals surface area contributed by atoms with E-state index in [9.17, 15) is 39.0 Å². The van der Waals surface area contributed by atoms with Gasteiger partial charge in [-0.2, -0.15) is 0 Å². The van der Waals surface area contributed by atoms with Crippen LogP contribution in [0.3, 0.4) is 0 Å². The molecular weight excluding hydrogens is 464 g/mol. The van der Waals surface area contributed by atoms with E-state index in [1.54, 1.807) is 20.8 Å². The first-order valence-electron chi connectivity index (χ1n) is 10.2. The maximum absolute atomic E-state index is 11.7. The topological polar surface area (TPSA) is 220 Å². The third kappa shape index (κ3) is 13.3. The number of carbonyl (C=O) groups excluding carboxylic acids is 4. The molecule has 0 aliphatic carbocycles. The van der Waals surface area contributed by atoms with Crippen molar-refractivity contribution in [3.05, 3.63) is 0 Å². The molecule has 0 heterocycles. The lowest BCUT2D eigenvalue weighted by atomic mass is 9.95. The highest BCUT2D eigenvalue weighted by Gasteiger charge is 2.43. The molecule has 34 heavy (non-hydrogen) atoms. The van der Waals surface area contributed by atoms with Gasteiger partial charge in [0, 0.05) is 0 Å². The molecule has 0 spiro atoms. The SMILES string of the molecule is CCOC(=O)CC(O)(CC(=O)O)C(=O)O.CCOC(=O)CC(O)(CC(=O)OCC)C(=O)OCC. The molecule has 14 heteroatoms. The number of rotatable bonds is 14. The Hall–Kier alpha value is -3.26. The average Bonchev–Trinajstić information content (AvgIpc) is 2.68. The highest BCUT2D eigenvalue weighted by atomic mass is 16.6. The Bertz CT molecular complexity index is 696. The van der Waals surface area contributed by atoms with E-state index in [4.69, 9.17) is 10.2 Å². The van der Waals surface area contributed by atoms with Gasteiger partial charge in [-0.05, 0) is 27.7 Å². The number of esters is 4. The zero-order valence-corrected chi connectivity index (χ0v) is 19.5. The Morgan fingerprint density at radius 2 is 0.882 bits per heavy atom. The molecule has 4 N–H and O–H groups in total. The van der Waals surface area contributed by atoms with Crippen LogP contribution in [0.5, 0.6) is 0 Å². The van der Waals surface area contributed by atoms with E-state index in [-0.39, 0.29) is 26.4 Å².